The van der Waals surface area contributed by atoms with Crippen LogP contribution in [0.4, 0.5) is 0 Å². The minimum absolute atomic E-state index is 0.269. The zero-order chi connectivity index (χ0) is 4.41. The van der Waals surface area contributed by atoms with Crippen LogP contribution in [0.1, 0.15) is 6.42 Å². The monoisotopic (exact) mass is 88.0 g/mol. The molecule has 1 fully saturated rings. The molecule has 0 aromatic carbocycles. The average Bonchev–Trinajstić information content (AvgIpc) is 1.86. The van der Waals surface area contributed by atoms with Crippen LogP contribution in [0.2, 0.25) is 0 Å². The van der Waals surface area contributed by atoms with Gasteiger partial charge in [0, 0.05) is 0 Å². The molecule has 0 aromatic heterocycles. The van der Waals surface area contributed by atoms with Gasteiger partial charge in [0.15, 0.2) is 0 Å². The Hall–Kier alpha value is -0.570. The first kappa shape index (κ1) is 3.61. The zero-order valence-corrected chi connectivity index (χ0v) is 3.14. The summed E-state index contributed by atoms with van der Waals surface area (Å²) in [4.78, 5) is 18.1. The van der Waals surface area contributed by atoms with Crippen LogP contribution in [0.3, 0.4) is 0 Å². The molecule has 3 heteroatoms. The van der Waals surface area contributed by atoms with Crippen molar-refractivity contribution in [2.45, 2.75) is 6.42 Å². The molecular formula is C3H4O3. The van der Waals surface area contributed by atoms with E-state index in [1.54, 1.807) is 0 Å². The predicted molar refractivity (Wildman–Crippen MR) is 16.7 cm³/mol. The molecule has 0 aromatic rings. The van der Waals surface area contributed by atoms with Crippen molar-refractivity contribution in [3.63, 3.8) is 0 Å². The highest BCUT2D eigenvalue weighted by Crippen LogP contribution is 1.96. The molecule has 1 aliphatic rings. The van der Waals surface area contributed by atoms with E-state index in [-0.39, 0.29) is 5.97 Å². The van der Waals surface area contributed by atoms with E-state index in [0.29, 0.717) is 13.0 Å². The van der Waals surface area contributed by atoms with Crippen LogP contribution in [0.5, 0.6) is 0 Å². The van der Waals surface area contributed by atoms with E-state index in [0.717, 1.165) is 0 Å². The predicted octanol–water partition coefficient (Wildman–Crippen LogP) is -0.135. The van der Waals surface area contributed by atoms with Crippen molar-refractivity contribution < 1.29 is 14.6 Å². The molecule has 1 aliphatic heterocycles. The molecule has 0 unspecified atom stereocenters. The van der Waals surface area contributed by atoms with E-state index in [2.05, 4.69) is 9.78 Å². The second kappa shape index (κ2) is 1.26. The van der Waals surface area contributed by atoms with Crippen molar-refractivity contribution >= 4 is 5.97 Å². The van der Waals surface area contributed by atoms with Gasteiger partial charge in [0.05, 0.1) is 6.42 Å². The van der Waals surface area contributed by atoms with Crippen molar-refractivity contribution in [3.05, 3.63) is 0 Å². The Kier molecular flexibility index (Phi) is 0.759. The fraction of sp³-hybridized carbons (Fsp3) is 0.667. The number of hydrogen-bond acceptors (Lipinski definition) is 3. The number of carbonyl (C=O) groups is 1. The van der Waals surface area contributed by atoms with Crippen LogP contribution in [0, 0.1) is 0 Å². The molecule has 3 nitrogen and oxygen atoms in total. The largest absolute Gasteiger partial charge is 0.344 e. The maximum Gasteiger partial charge on any atom is 0.344 e. The lowest BCUT2D eigenvalue weighted by molar-refractivity contribution is -0.240. The Morgan fingerprint density at radius 3 is 2.67 bits per heavy atom. The Bertz CT molecular complexity index is 60.4. The molecule has 0 spiro atoms. The molecule has 0 saturated carbocycles. The molecule has 34 valence electrons. The number of carbonyl (C=O) groups excluding carboxylic acids is 1. The minimum atomic E-state index is -0.269. The van der Waals surface area contributed by atoms with Crippen LogP contribution in [0.15, 0.2) is 0 Å². The summed E-state index contributed by atoms with van der Waals surface area (Å²) in [6, 6.07) is 0. The Morgan fingerprint density at radius 1 is 1.67 bits per heavy atom. The number of hydrogen-bond donors (Lipinski definition) is 0. The fourth-order valence-electron chi connectivity index (χ4n) is 0.274. The smallest absolute Gasteiger partial charge is 0.298 e. The van der Waals surface area contributed by atoms with Gasteiger partial charge in [-0.05, 0) is 0 Å². The van der Waals surface area contributed by atoms with Crippen molar-refractivity contribution in [2.24, 2.45) is 0 Å². The van der Waals surface area contributed by atoms with Gasteiger partial charge in [0.25, 0.3) is 0 Å². The highest BCUT2D eigenvalue weighted by atomic mass is 17.2. The van der Waals surface area contributed by atoms with Crippen molar-refractivity contribution in [1.82, 2.24) is 0 Å². The van der Waals surface area contributed by atoms with Gasteiger partial charge in [0.1, 0.15) is 6.61 Å². The summed E-state index contributed by atoms with van der Waals surface area (Å²) in [6.07, 6.45) is 0.403. The van der Waals surface area contributed by atoms with E-state index in [1.165, 1.54) is 0 Å². The quantitative estimate of drug-likeness (QED) is 0.387. The van der Waals surface area contributed by atoms with Crippen LogP contribution < -0.4 is 0 Å². The normalized spacial score (nSPS) is 21.0. The van der Waals surface area contributed by atoms with Gasteiger partial charge in [0.2, 0.25) is 0 Å². The number of rotatable bonds is 0. The summed E-state index contributed by atoms with van der Waals surface area (Å²) < 4.78 is 0. The molecule has 1 saturated heterocycles. The van der Waals surface area contributed by atoms with E-state index >= 15 is 0 Å². The molecule has 0 aliphatic carbocycles. The molecule has 0 radical (unpaired) electrons. The highest BCUT2D eigenvalue weighted by Gasteiger charge is 2.10. The van der Waals surface area contributed by atoms with Gasteiger partial charge >= 0.3 is 5.97 Å². The zero-order valence-electron chi connectivity index (χ0n) is 3.14. The first-order valence-electron chi connectivity index (χ1n) is 1.72. The molecule has 0 bridgehead atoms. The molecule has 0 amide bonds. The molecule has 1 heterocycles. The van der Waals surface area contributed by atoms with Crippen LogP contribution in [0.25, 0.3) is 0 Å². The molecule has 0 N–H and O–H groups in total. The topological polar surface area (TPSA) is 35.5 Å². The van der Waals surface area contributed by atoms with E-state index in [1.807, 2.05) is 0 Å². The van der Waals surface area contributed by atoms with E-state index < -0.39 is 0 Å². The summed E-state index contributed by atoms with van der Waals surface area (Å²) in [5.74, 6) is -0.269. The summed E-state index contributed by atoms with van der Waals surface area (Å²) in [5, 5.41) is 0. The first-order chi connectivity index (χ1) is 2.89. The van der Waals surface area contributed by atoms with Gasteiger partial charge < -0.3 is 0 Å². The average molecular weight is 88.1 g/mol. The lowest BCUT2D eigenvalue weighted by Crippen LogP contribution is -1.87. The SMILES string of the molecule is O=C1CCOO1. The van der Waals surface area contributed by atoms with Gasteiger partial charge in [-0.3, -0.25) is 4.89 Å². The van der Waals surface area contributed by atoms with E-state index in [9.17, 15) is 4.79 Å². The molecule has 1 rings (SSSR count). The second-order valence-electron chi connectivity index (χ2n) is 1.03. The van der Waals surface area contributed by atoms with Crippen LogP contribution >= 0.6 is 0 Å². The lowest BCUT2D eigenvalue weighted by atomic mass is 10.5. The van der Waals surface area contributed by atoms with E-state index in [4.69, 9.17) is 0 Å². The Labute approximate surface area is 34.8 Å². The van der Waals surface area contributed by atoms with Gasteiger partial charge in [-0.1, -0.05) is 0 Å². The fourth-order valence-corrected chi connectivity index (χ4v) is 0.274. The Morgan fingerprint density at radius 2 is 2.50 bits per heavy atom. The summed E-state index contributed by atoms with van der Waals surface area (Å²) in [5.41, 5.74) is 0. The first-order valence-corrected chi connectivity index (χ1v) is 1.72. The van der Waals surface area contributed by atoms with Crippen molar-refractivity contribution in [2.75, 3.05) is 6.61 Å². The maximum atomic E-state index is 9.90. The van der Waals surface area contributed by atoms with Crippen LogP contribution in [-0.2, 0) is 14.6 Å². The molecular weight excluding hydrogens is 84.0 g/mol. The van der Waals surface area contributed by atoms with Gasteiger partial charge in [-0.25, -0.2) is 4.79 Å². The molecule has 6 heavy (non-hydrogen) atoms. The minimum Gasteiger partial charge on any atom is -0.298 e. The second-order valence-corrected chi connectivity index (χ2v) is 1.03. The van der Waals surface area contributed by atoms with Crippen LogP contribution in [-0.4, -0.2) is 12.6 Å². The maximum absolute atomic E-state index is 9.90. The third-order valence-corrected chi connectivity index (χ3v) is 0.541. The van der Waals surface area contributed by atoms with Gasteiger partial charge in [-0.15, -0.1) is 0 Å². The molecule has 0 atom stereocenters. The standard InChI is InChI=1S/C3H4O3/c4-3-1-2-5-6-3/h1-2H2. The lowest BCUT2D eigenvalue weighted by Gasteiger charge is -1.79. The van der Waals surface area contributed by atoms with Gasteiger partial charge in [-0.2, -0.15) is 4.89 Å². The van der Waals surface area contributed by atoms with Crippen molar-refractivity contribution in [3.8, 4) is 0 Å². The third-order valence-electron chi connectivity index (χ3n) is 0.541. The third kappa shape index (κ3) is 0.490. The summed E-state index contributed by atoms with van der Waals surface area (Å²) in [6.45, 7) is 0.416. The summed E-state index contributed by atoms with van der Waals surface area (Å²) >= 11 is 0. The summed E-state index contributed by atoms with van der Waals surface area (Å²) in [7, 11) is 0. The Balaban J connectivity index is 2.37. The highest BCUT2D eigenvalue weighted by molar-refractivity contribution is 5.69. The van der Waals surface area contributed by atoms with Crippen molar-refractivity contribution in [1.29, 1.82) is 0 Å².